The molecule has 1 atom stereocenters. The Morgan fingerprint density at radius 1 is 1.09 bits per heavy atom. The molecule has 0 radical (unpaired) electrons. The van der Waals surface area contributed by atoms with Crippen LogP contribution in [0, 0.1) is 17.5 Å². The third kappa shape index (κ3) is 9.42. The van der Waals surface area contributed by atoms with Gasteiger partial charge in [0.25, 0.3) is 11.5 Å². The summed E-state index contributed by atoms with van der Waals surface area (Å²) >= 11 is 0. The number of ether oxygens (including phenoxy) is 1. The maximum Gasteiger partial charge on any atom is 0.394 e. The minimum absolute atomic E-state index is 0.0372. The van der Waals surface area contributed by atoms with Crippen molar-refractivity contribution >= 4 is 17.5 Å². The van der Waals surface area contributed by atoms with Gasteiger partial charge in [-0.1, -0.05) is 23.4 Å². The van der Waals surface area contributed by atoms with E-state index < -0.39 is 59.2 Å². The number of carbonyl (C=O) groups excluding carboxylic acids is 2. The second-order valence-electron chi connectivity index (χ2n) is 9.95. The number of benzene rings is 2. The number of nitrogens with one attached hydrogen (secondary N) is 2. The Hall–Kier alpha value is -5.15. The van der Waals surface area contributed by atoms with Crippen molar-refractivity contribution in [3.8, 4) is 5.75 Å². The maximum absolute atomic E-state index is 14.7. The summed E-state index contributed by atoms with van der Waals surface area (Å²) in [6, 6.07) is 9.47. The van der Waals surface area contributed by atoms with Crippen molar-refractivity contribution in [1.82, 2.24) is 24.9 Å². The van der Waals surface area contributed by atoms with E-state index in [1.165, 1.54) is 24.4 Å². The van der Waals surface area contributed by atoms with E-state index in [1.807, 2.05) is 0 Å². The fraction of sp³-hybridized carbons (Fsp3) is 0.276. The highest BCUT2D eigenvalue weighted by molar-refractivity contribution is 5.92. The SMILES string of the molecule is CC(F)(F)Oc1cccc(CNC(=O)c2cn(CC(F)CCn3ccc(NC(=O)Cc4ccc(F)cc4F)c(F)c3=O)nn2)c1. The minimum atomic E-state index is -3.37. The molecule has 0 fully saturated rings. The van der Waals surface area contributed by atoms with E-state index in [1.54, 1.807) is 6.07 Å². The molecule has 2 aromatic carbocycles. The Morgan fingerprint density at radius 2 is 1.87 bits per heavy atom. The molecule has 2 aromatic heterocycles. The molecule has 0 saturated heterocycles. The number of aryl methyl sites for hydroxylation is 1. The topological polar surface area (TPSA) is 120 Å². The van der Waals surface area contributed by atoms with Crippen molar-refractivity contribution in [3.05, 3.63) is 106 Å². The Morgan fingerprint density at radius 3 is 2.60 bits per heavy atom. The molecule has 1 unspecified atom stereocenters. The molecule has 2 heterocycles. The number of alkyl halides is 3. The van der Waals surface area contributed by atoms with Crippen LogP contribution in [0.5, 0.6) is 5.75 Å². The van der Waals surface area contributed by atoms with Gasteiger partial charge < -0.3 is 19.9 Å². The fourth-order valence-corrected chi connectivity index (χ4v) is 4.12. The van der Waals surface area contributed by atoms with Crippen LogP contribution < -0.4 is 20.9 Å². The van der Waals surface area contributed by atoms with E-state index in [9.17, 15) is 40.7 Å². The number of aromatic nitrogens is 4. The van der Waals surface area contributed by atoms with Crippen LogP contribution in [-0.4, -0.2) is 43.7 Å². The molecule has 0 bridgehead atoms. The predicted molar refractivity (Wildman–Crippen MR) is 148 cm³/mol. The monoisotopic (exact) mass is 636 g/mol. The molecule has 0 aliphatic carbocycles. The van der Waals surface area contributed by atoms with Gasteiger partial charge in [-0.15, -0.1) is 5.10 Å². The number of halogens is 6. The zero-order valence-electron chi connectivity index (χ0n) is 23.6. The Labute approximate surface area is 251 Å². The van der Waals surface area contributed by atoms with Gasteiger partial charge in [0.1, 0.15) is 23.6 Å². The largest absolute Gasteiger partial charge is 0.433 e. The zero-order valence-corrected chi connectivity index (χ0v) is 23.6. The van der Waals surface area contributed by atoms with E-state index in [2.05, 4.69) is 25.7 Å². The Kier molecular flexibility index (Phi) is 10.3. The number of hydrogen-bond donors (Lipinski definition) is 2. The van der Waals surface area contributed by atoms with Crippen LogP contribution in [0.25, 0.3) is 0 Å². The van der Waals surface area contributed by atoms with Crippen LogP contribution in [0.1, 0.15) is 35.0 Å². The van der Waals surface area contributed by atoms with Gasteiger partial charge in [0.2, 0.25) is 11.7 Å². The van der Waals surface area contributed by atoms with Gasteiger partial charge in [0.05, 0.1) is 24.8 Å². The smallest absolute Gasteiger partial charge is 0.394 e. The summed E-state index contributed by atoms with van der Waals surface area (Å²) in [4.78, 5) is 37.0. The van der Waals surface area contributed by atoms with Crippen LogP contribution in [0.15, 0.2) is 65.7 Å². The average molecular weight is 637 g/mol. The summed E-state index contributed by atoms with van der Waals surface area (Å²) in [5.41, 5.74) is -1.38. The molecular weight excluding hydrogens is 610 g/mol. The summed E-state index contributed by atoms with van der Waals surface area (Å²) in [5, 5.41) is 12.1. The van der Waals surface area contributed by atoms with E-state index in [0.717, 1.165) is 33.6 Å². The number of nitrogens with zero attached hydrogens (tertiary/aromatic N) is 4. The van der Waals surface area contributed by atoms with E-state index in [0.29, 0.717) is 18.6 Å². The first-order valence-electron chi connectivity index (χ1n) is 13.4. The van der Waals surface area contributed by atoms with E-state index in [-0.39, 0.29) is 43.1 Å². The first-order valence-corrected chi connectivity index (χ1v) is 13.4. The molecular formula is C29H26F6N6O4. The van der Waals surface area contributed by atoms with Crippen molar-refractivity contribution in [2.24, 2.45) is 0 Å². The molecule has 4 aromatic rings. The van der Waals surface area contributed by atoms with Crippen LogP contribution in [0.2, 0.25) is 0 Å². The summed E-state index contributed by atoms with van der Waals surface area (Å²) in [6.07, 6.45) is -3.38. The van der Waals surface area contributed by atoms with Crippen molar-refractivity contribution in [3.63, 3.8) is 0 Å². The van der Waals surface area contributed by atoms with Crippen LogP contribution in [-0.2, 0) is 30.8 Å². The van der Waals surface area contributed by atoms with E-state index in [4.69, 9.17) is 0 Å². The van der Waals surface area contributed by atoms with Crippen LogP contribution in [0.3, 0.4) is 0 Å². The number of rotatable bonds is 13. The molecule has 16 heteroatoms. The quantitative estimate of drug-likeness (QED) is 0.210. The normalized spacial score (nSPS) is 12.1. The fourth-order valence-electron chi connectivity index (χ4n) is 4.12. The summed E-state index contributed by atoms with van der Waals surface area (Å²) in [7, 11) is 0. The lowest BCUT2D eigenvalue weighted by atomic mass is 10.1. The van der Waals surface area contributed by atoms with Gasteiger partial charge in [0.15, 0.2) is 5.69 Å². The second-order valence-corrected chi connectivity index (χ2v) is 9.95. The molecule has 0 aliphatic heterocycles. The maximum atomic E-state index is 14.7. The number of carbonyl (C=O) groups is 2. The highest BCUT2D eigenvalue weighted by Crippen LogP contribution is 2.22. The lowest BCUT2D eigenvalue weighted by Crippen LogP contribution is -2.27. The molecule has 0 spiro atoms. The first kappa shape index (κ1) is 32.8. The Bertz CT molecular complexity index is 1740. The highest BCUT2D eigenvalue weighted by Gasteiger charge is 2.23. The van der Waals surface area contributed by atoms with Gasteiger partial charge in [-0.3, -0.25) is 14.4 Å². The molecule has 2 amide bonds. The van der Waals surface area contributed by atoms with Crippen molar-refractivity contribution in [2.45, 2.75) is 51.7 Å². The summed E-state index contributed by atoms with van der Waals surface area (Å²) in [5.74, 6) is -4.67. The first-order chi connectivity index (χ1) is 21.3. The third-order valence-electron chi connectivity index (χ3n) is 6.23. The molecule has 45 heavy (non-hydrogen) atoms. The molecule has 2 N–H and O–H groups in total. The van der Waals surface area contributed by atoms with Crippen LogP contribution >= 0.6 is 0 Å². The van der Waals surface area contributed by atoms with Crippen molar-refractivity contribution < 1.29 is 40.7 Å². The minimum Gasteiger partial charge on any atom is -0.433 e. The third-order valence-corrected chi connectivity index (χ3v) is 6.23. The van der Waals surface area contributed by atoms with E-state index >= 15 is 0 Å². The summed E-state index contributed by atoms with van der Waals surface area (Å²) in [6.45, 7) is -0.0136. The highest BCUT2D eigenvalue weighted by atomic mass is 19.3. The van der Waals surface area contributed by atoms with Gasteiger partial charge in [-0.2, -0.15) is 13.2 Å². The number of pyridine rings is 1. The lowest BCUT2D eigenvalue weighted by Gasteiger charge is -2.13. The van der Waals surface area contributed by atoms with Gasteiger partial charge in [0, 0.05) is 32.3 Å². The van der Waals surface area contributed by atoms with Gasteiger partial charge in [-0.25, -0.2) is 17.9 Å². The second kappa shape index (κ2) is 14.1. The standard InChI is InChI=1S/C29H26F6N6O4/c1-29(34,35)45-21-4-2-3-17(11-21)14-36-27(43)24-16-41(39-38-24)15-20(31)7-9-40-10-8-23(26(33)28(40)44)37-25(42)12-18-5-6-19(30)13-22(18)32/h2-6,8,10-11,13,16,20H,7,9,12,14-15H2,1H3,(H,36,43)(H,37,42). The summed E-state index contributed by atoms with van der Waals surface area (Å²) < 4.78 is 88.8. The van der Waals surface area contributed by atoms with Crippen molar-refractivity contribution in [1.29, 1.82) is 0 Å². The van der Waals surface area contributed by atoms with Gasteiger partial charge in [-0.05, 0) is 41.8 Å². The molecule has 10 nitrogen and oxygen atoms in total. The molecule has 0 aliphatic rings. The molecule has 238 valence electrons. The Balaban J connectivity index is 1.26. The van der Waals surface area contributed by atoms with Crippen molar-refractivity contribution in [2.75, 3.05) is 5.32 Å². The lowest BCUT2D eigenvalue weighted by molar-refractivity contribution is -0.159. The zero-order chi connectivity index (χ0) is 32.7. The molecule has 0 saturated carbocycles. The number of anilines is 1. The average Bonchev–Trinajstić information content (AvgIpc) is 3.43. The number of hydrogen-bond acceptors (Lipinski definition) is 6. The predicted octanol–water partition coefficient (Wildman–Crippen LogP) is 4.39. The van der Waals surface area contributed by atoms with Crippen LogP contribution in [0.4, 0.5) is 32.0 Å². The molecule has 4 rings (SSSR count). The van der Waals surface area contributed by atoms with Gasteiger partial charge >= 0.3 is 6.11 Å². The number of amides is 2.